The minimum Gasteiger partial charge on any atom is -0.466 e. The second-order valence-electron chi connectivity index (χ2n) is 5.37. The van der Waals surface area contributed by atoms with Gasteiger partial charge in [0.1, 0.15) is 0 Å². The van der Waals surface area contributed by atoms with Crippen molar-refractivity contribution in [2.24, 2.45) is 5.92 Å². The highest BCUT2D eigenvalue weighted by Crippen LogP contribution is 2.28. The molecule has 0 amide bonds. The first-order valence-electron chi connectivity index (χ1n) is 7.09. The fourth-order valence-corrected chi connectivity index (χ4v) is 2.76. The summed E-state index contributed by atoms with van der Waals surface area (Å²) in [6, 6.07) is 11.1. The van der Waals surface area contributed by atoms with Crippen LogP contribution in [0.3, 0.4) is 0 Å². The van der Waals surface area contributed by atoms with Gasteiger partial charge in [-0.3, -0.25) is 9.69 Å². The van der Waals surface area contributed by atoms with Crippen LogP contribution < -0.4 is 0 Å². The second kappa shape index (κ2) is 6.71. The highest BCUT2D eigenvalue weighted by atomic mass is 16.5. The second-order valence-corrected chi connectivity index (χ2v) is 5.37. The lowest BCUT2D eigenvalue weighted by Crippen LogP contribution is -2.24. The lowest BCUT2D eigenvalue weighted by Gasteiger charge is -2.24. The summed E-state index contributed by atoms with van der Waals surface area (Å²) < 4.78 is 5.03. The Hall–Kier alpha value is -1.35. The molecule has 0 aromatic heterocycles. The fraction of sp³-hybridized carbons (Fsp3) is 0.562. The van der Waals surface area contributed by atoms with E-state index < -0.39 is 0 Å². The van der Waals surface area contributed by atoms with E-state index in [1.807, 2.05) is 0 Å². The molecule has 0 aliphatic carbocycles. The molecule has 3 nitrogen and oxygen atoms in total. The van der Waals surface area contributed by atoms with Gasteiger partial charge >= 0.3 is 5.97 Å². The van der Waals surface area contributed by atoms with Gasteiger partial charge in [0.25, 0.3) is 0 Å². The van der Waals surface area contributed by atoms with Gasteiger partial charge in [0.15, 0.2) is 0 Å². The first-order chi connectivity index (χ1) is 9.16. The molecule has 2 rings (SSSR count). The summed E-state index contributed by atoms with van der Waals surface area (Å²) in [5.74, 6) is 0.484. The molecule has 0 unspecified atom stereocenters. The molecule has 19 heavy (non-hydrogen) atoms. The minimum atomic E-state index is -0.174. The zero-order valence-electron chi connectivity index (χ0n) is 11.8. The molecule has 0 radical (unpaired) electrons. The molecule has 1 aliphatic heterocycles. The van der Waals surface area contributed by atoms with Gasteiger partial charge in [0.05, 0.1) is 6.61 Å². The predicted octanol–water partition coefficient (Wildman–Crippen LogP) is 3.02. The Morgan fingerprint density at radius 3 is 2.84 bits per heavy atom. The van der Waals surface area contributed by atoms with Crippen LogP contribution in [-0.4, -0.2) is 30.6 Å². The van der Waals surface area contributed by atoms with E-state index in [9.17, 15) is 4.79 Å². The fourth-order valence-electron chi connectivity index (χ4n) is 2.76. The number of hydrogen-bond donors (Lipinski definition) is 0. The molecule has 1 aromatic rings. The van der Waals surface area contributed by atoms with Crippen LogP contribution in [-0.2, 0) is 9.53 Å². The van der Waals surface area contributed by atoms with Gasteiger partial charge in [0.2, 0.25) is 0 Å². The van der Waals surface area contributed by atoms with Crippen LogP contribution in [0.25, 0.3) is 0 Å². The van der Waals surface area contributed by atoms with E-state index in [0.717, 1.165) is 19.5 Å². The van der Waals surface area contributed by atoms with Crippen molar-refractivity contribution in [3.63, 3.8) is 0 Å². The Bertz CT molecular complexity index is 404. The molecule has 0 bridgehead atoms. The smallest absolute Gasteiger partial charge is 0.302 e. The zero-order valence-corrected chi connectivity index (χ0v) is 11.8. The molecule has 0 spiro atoms. The molecule has 104 valence electrons. The van der Waals surface area contributed by atoms with Crippen LogP contribution in [0.4, 0.5) is 0 Å². The lowest BCUT2D eigenvalue weighted by atomic mass is 10.1. The Morgan fingerprint density at radius 2 is 2.16 bits per heavy atom. The molecule has 3 heteroatoms. The van der Waals surface area contributed by atoms with E-state index in [2.05, 4.69) is 42.2 Å². The number of likely N-dealkylation sites (tertiary alicyclic amines) is 1. The van der Waals surface area contributed by atoms with Crippen LogP contribution in [0.15, 0.2) is 30.3 Å². The molecule has 1 fully saturated rings. The predicted molar refractivity (Wildman–Crippen MR) is 75.8 cm³/mol. The Kier molecular flexibility index (Phi) is 4.97. The number of rotatable bonds is 5. The first-order valence-corrected chi connectivity index (χ1v) is 7.09. The van der Waals surface area contributed by atoms with E-state index in [0.29, 0.717) is 18.6 Å². The van der Waals surface area contributed by atoms with Crippen molar-refractivity contribution in [2.75, 3.05) is 19.7 Å². The summed E-state index contributed by atoms with van der Waals surface area (Å²) in [5.41, 5.74) is 1.38. The van der Waals surface area contributed by atoms with Crippen molar-refractivity contribution in [2.45, 2.75) is 32.7 Å². The molecule has 0 N–H and O–H groups in total. The highest BCUT2D eigenvalue weighted by molar-refractivity contribution is 5.65. The van der Waals surface area contributed by atoms with Gasteiger partial charge < -0.3 is 4.74 Å². The number of hydrogen-bond acceptors (Lipinski definition) is 3. The third kappa shape index (κ3) is 4.06. The van der Waals surface area contributed by atoms with Gasteiger partial charge in [-0.25, -0.2) is 0 Å². The van der Waals surface area contributed by atoms with Crippen LogP contribution in [0, 0.1) is 5.92 Å². The maximum absolute atomic E-state index is 10.7. The number of carbonyl (C=O) groups is 1. The van der Waals surface area contributed by atoms with E-state index >= 15 is 0 Å². The maximum atomic E-state index is 10.7. The number of esters is 1. The molecule has 0 saturated carbocycles. The Morgan fingerprint density at radius 1 is 1.42 bits per heavy atom. The molecular weight excluding hydrogens is 238 g/mol. The maximum Gasteiger partial charge on any atom is 0.302 e. The van der Waals surface area contributed by atoms with E-state index in [1.165, 1.54) is 18.9 Å². The Balaban J connectivity index is 1.80. The monoisotopic (exact) mass is 261 g/mol. The van der Waals surface area contributed by atoms with Gasteiger partial charge in [-0.15, -0.1) is 0 Å². The van der Waals surface area contributed by atoms with Crippen molar-refractivity contribution in [1.82, 2.24) is 4.90 Å². The van der Waals surface area contributed by atoms with Crippen LogP contribution in [0.2, 0.25) is 0 Å². The SMILES string of the molecule is CC(=O)OCC[C@@H]1CCN([C@H](C)c2ccccc2)C1. The van der Waals surface area contributed by atoms with Crippen molar-refractivity contribution in [3.05, 3.63) is 35.9 Å². The number of ether oxygens (including phenoxy) is 1. The van der Waals surface area contributed by atoms with E-state index in [-0.39, 0.29) is 5.97 Å². The summed E-state index contributed by atoms with van der Waals surface area (Å²) in [6.07, 6.45) is 2.19. The molecule has 2 atom stereocenters. The van der Waals surface area contributed by atoms with Crippen LogP contribution >= 0.6 is 0 Å². The van der Waals surface area contributed by atoms with Crippen LogP contribution in [0.5, 0.6) is 0 Å². The molecule has 1 aliphatic rings. The largest absolute Gasteiger partial charge is 0.466 e. The standard InChI is InChI=1S/C16H23NO2/c1-13(16-6-4-3-5-7-16)17-10-8-15(12-17)9-11-19-14(2)18/h3-7,13,15H,8-12H2,1-2H3/t13-,15+/m1/s1. The molecule has 1 heterocycles. The van der Waals surface area contributed by atoms with Crippen molar-refractivity contribution < 1.29 is 9.53 Å². The highest BCUT2D eigenvalue weighted by Gasteiger charge is 2.26. The van der Waals surface area contributed by atoms with E-state index in [1.54, 1.807) is 0 Å². The topological polar surface area (TPSA) is 29.5 Å². The summed E-state index contributed by atoms with van der Waals surface area (Å²) >= 11 is 0. The third-order valence-electron chi connectivity index (χ3n) is 3.98. The first kappa shape index (κ1) is 14.1. The average molecular weight is 261 g/mol. The average Bonchev–Trinajstić information content (AvgIpc) is 2.87. The van der Waals surface area contributed by atoms with Crippen molar-refractivity contribution in [1.29, 1.82) is 0 Å². The molecule has 1 saturated heterocycles. The zero-order chi connectivity index (χ0) is 13.7. The number of nitrogens with zero attached hydrogens (tertiary/aromatic N) is 1. The number of benzene rings is 1. The van der Waals surface area contributed by atoms with Gasteiger partial charge in [-0.2, -0.15) is 0 Å². The van der Waals surface area contributed by atoms with Crippen molar-refractivity contribution in [3.8, 4) is 0 Å². The minimum absolute atomic E-state index is 0.174. The quantitative estimate of drug-likeness (QED) is 0.763. The van der Waals surface area contributed by atoms with Gasteiger partial charge in [-0.1, -0.05) is 30.3 Å². The van der Waals surface area contributed by atoms with E-state index in [4.69, 9.17) is 4.74 Å². The normalized spacial score (nSPS) is 21.3. The third-order valence-corrected chi connectivity index (χ3v) is 3.98. The Labute approximate surface area is 115 Å². The summed E-state index contributed by atoms with van der Waals surface area (Å²) in [5, 5.41) is 0. The summed E-state index contributed by atoms with van der Waals surface area (Å²) in [4.78, 5) is 13.3. The molecule has 1 aromatic carbocycles. The van der Waals surface area contributed by atoms with Crippen molar-refractivity contribution >= 4 is 5.97 Å². The van der Waals surface area contributed by atoms with Gasteiger partial charge in [-0.05, 0) is 37.8 Å². The number of carbonyl (C=O) groups excluding carboxylic acids is 1. The molecular formula is C16H23NO2. The summed E-state index contributed by atoms with van der Waals surface area (Å²) in [6.45, 7) is 6.55. The van der Waals surface area contributed by atoms with Crippen LogP contribution in [0.1, 0.15) is 38.3 Å². The lowest BCUT2D eigenvalue weighted by molar-refractivity contribution is -0.141. The summed E-state index contributed by atoms with van der Waals surface area (Å²) in [7, 11) is 0. The van der Waals surface area contributed by atoms with Gasteiger partial charge in [0, 0.05) is 19.5 Å².